The van der Waals surface area contributed by atoms with Crippen molar-refractivity contribution in [3.63, 3.8) is 0 Å². The van der Waals surface area contributed by atoms with Crippen molar-refractivity contribution >= 4 is 11.6 Å². The third kappa shape index (κ3) is 3.74. The van der Waals surface area contributed by atoms with E-state index in [-0.39, 0.29) is 29.9 Å². The van der Waals surface area contributed by atoms with Crippen LogP contribution < -0.4 is 10.9 Å². The standard InChI is InChI=1S/C23H24N4O4/c28-14-18-5-4-17(31-18)10-25-20-6-7-21-16-9-15(12-27(21)23(20)30)11-26(13-16)22(29)19-3-1-2-8-24-19/h1-8,15-16,25,28H,9-14H2/t15-,16-/m1/s1. The van der Waals surface area contributed by atoms with Crippen molar-refractivity contribution in [3.8, 4) is 0 Å². The molecule has 0 spiro atoms. The molecule has 2 aliphatic heterocycles. The highest BCUT2D eigenvalue weighted by Crippen LogP contribution is 2.35. The van der Waals surface area contributed by atoms with E-state index in [2.05, 4.69) is 10.3 Å². The van der Waals surface area contributed by atoms with Gasteiger partial charge < -0.3 is 24.3 Å². The minimum Gasteiger partial charge on any atom is -0.462 e. The number of aliphatic hydroxyl groups excluding tert-OH is 1. The summed E-state index contributed by atoms with van der Waals surface area (Å²) in [5.74, 6) is 1.48. The number of fused-ring (bicyclic) bond motifs is 4. The molecule has 8 heteroatoms. The Morgan fingerprint density at radius 3 is 2.77 bits per heavy atom. The summed E-state index contributed by atoms with van der Waals surface area (Å²) in [4.78, 5) is 32.0. The number of nitrogens with zero attached hydrogens (tertiary/aromatic N) is 3. The predicted molar refractivity (Wildman–Crippen MR) is 114 cm³/mol. The summed E-state index contributed by atoms with van der Waals surface area (Å²) in [6.45, 7) is 2.04. The number of carbonyl (C=O) groups is 1. The van der Waals surface area contributed by atoms with Crippen molar-refractivity contribution in [2.45, 2.75) is 32.0 Å². The zero-order valence-corrected chi connectivity index (χ0v) is 17.0. The molecule has 2 bridgehead atoms. The zero-order chi connectivity index (χ0) is 21.4. The smallest absolute Gasteiger partial charge is 0.274 e. The average molecular weight is 420 g/mol. The molecule has 31 heavy (non-hydrogen) atoms. The Balaban J connectivity index is 1.34. The first-order valence-corrected chi connectivity index (χ1v) is 10.5. The summed E-state index contributed by atoms with van der Waals surface area (Å²) in [5, 5.41) is 12.3. The summed E-state index contributed by atoms with van der Waals surface area (Å²) >= 11 is 0. The van der Waals surface area contributed by atoms with Gasteiger partial charge in [-0.1, -0.05) is 6.07 Å². The van der Waals surface area contributed by atoms with Crippen LogP contribution in [0.2, 0.25) is 0 Å². The van der Waals surface area contributed by atoms with E-state index in [1.165, 1.54) is 0 Å². The number of rotatable bonds is 5. The van der Waals surface area contributed by atoms with Gasteiger partial charge in [-0.25, -0.2) is 0 Å². The second kappa shape index (κ2) is 8.03. The van der Waals surface area contributed by atoms with E-state index in [1.807, 2.05) is 27.7 Å². The van der Waals surface area contributed by atoms with Crippen molar-refractivity contribution in [3.05, 3.63) is 81.9 Å². The molecule has 2 atom stereocenters. The van der Waals surface area contributed by atoms with Gasteiger partial charge >= 0.3 is 0 Å². The van der Waals surface area contributed by atoms with E-state index in [1.54, 1.807) is 30.5 Å². The summed E-state index contributed by atoms with van der Waals surface area (Å²) in [6, 6.07) is 12.7. The topological polar surface area (TPSA) is 101 Å². The number of carbonyl (C=O) groups excluding carboxylic acids is 1. The molecule has 8 nitrogen and oxygen atoms in total. The molecule has 0 unspecified atom stereocenters. The first-order chi connectivity index (χ1) is 15.1. The molecule has 1 amide bonds. The molecule has 2 aliphatic rings. The average Bonchev–Trinajstić information content (AvgIpc) is 3.27. The largest absolute Gasteiger partial charge is 0.462 e. The quantitative estimate of drug-likeness (QED) is 0.656. The van der Waals surface area contributed by atoms with Crippen LogP contribution in [0.3, 0.4) is 0 Å². The first kappa shape index (κ1) is 19.6. The summed E-state index contributed by atoms with van der Waals surface area (Å²) in [7, 11) is 0. The van der Waals surface area contributed by atoms with Gasteiger partial charge in [0.2, 0.25) is 0 Å². The van der Waals surface area contributed by atoms with Crippen LogP contribution in [0.4, 0.5) is 5.69 Å². The van der Waals surface area contributed by atoms with Gasteiger partial charge in [0.05, 0.1) is 6.54 Å². The number of hydrogen-bond donors (Lipinski definition) is 2. The lowest BCUT2D eigenvalue weighted by molar-refractivity contribution is 0.0589. The maximum atomic E-state index is 13.1. The Kier molecular flexibility index (Phi) is 5.07. The number of anilines is 1. The lowest BCUT2D eigenvalue weighted by atomic mass is 9.83. The minimum atomic E-state index is -0.149. The number of likely N-dealkylation sites (tertiary alicyclic amines) is 1. The molecule has 0 aliphatic carbocycles. The van der Waals surface area contributed by atoms with Crippen LogP contribution in [0.25, 0.3) is 0 Å². The maximum absolute atomic E-state index is 13.1. The molecule has 0 aromatic carbocycles. The molecule has 1 saturated heterocycles. The Hall–Kier alpha value is -3.39. The van der Waals surface area contributed by atoms with E-state index in [0.717, 1.165) is 12.1 Å². The van der Waals surface area contributed by atoms with Gasteiger partial charge in [-0.3, -0.25) is 14.6 Å². The SMILES string of the molecule is O=C(c1ccccn1)N1C[C@H]2C[C@H](C1)c1ccc(NCc3ccc(CO)o3)c(=O)n1C2. The third-order valence-corrected chi connectivity index (χ3v) is 6.10. The molecule has 3 aromatic rings. The molecule has 160 valence electrons. The van der Waals surface area contributed by atoms with E-state index >= 15 is 0 Å². The van der Waals surface area contributed by atoms with Gasteiger partial charge in [-0.2, -0.15) is 0 Å². The predicted octanol–water partition coefficient (Wildman–Crippen LogP) is 2.20. The molecular weight excluding hydrogens is 396 g/mol. The fourth-order valence-electron chi connectivity index (χ4n) is 4.68. The van der Waals surface area contributed by atoms with Crippen LogP contribution in [-0.4, -0.2) is 38.6 Å². The Labute approximate surface area is 179 Å². The lowest BCUT2D eigenvalue weighted by Gasteiger charge is -2.42. The third-order valence-electron chi connectivity index (χ3n) is 6.10. The number of amides is 1. The van der Waals surface area contributed by atoms with Gasteiger partial charge in [-0.05, 0) is 48.7 Å². The molecule has 0 radical (unpaired) electrons. The number of aliphatic hydroxyl groups is 1. The van der Waals surface area contributed by atoms with Crippen molar-refractivity contribution in [1.29, 1.82) is 0 Å². The fraction of sp³-hybridized carbons (Fsp3) is 0.348. The monoisotopic (exact) mass is 420 g/mol. The lowest BCUT2D eigenvalue weighted by Crippen LogP contribution is -2.49. The van der Waals surface area contributed by atoms with Crippen LogP contribution in [0.1, 0.15) is 40.0 Å². The molecule has 5 heterocycles. The minimum absolute atomic E-state index is 0.0503. The second-order valence-corrected chi connectivity index (χ2v) is 8.19. The van der Waals surface area contributed by atoms with Crippen LogP contribution >= 0.6 is 0 Å². The van der Waals surface area contributed by atoms with Gasteiger partial charge in [0, 0.05) is 37.4 Å². The Morgan fingerprint density at radius 1 is 1.13 bits per heavy atom. The van der Waals surface area contributed by atoms with E-state index < -0.39 is 0 Å². The Morgan fingerprint density at radius 2 is 2.00 bits per heavy atom. The number of pyridine rings is 2. The first-order valence-electron chi connectivity index (χ1n) is 10.5. The second-order valence-electron chi connectivity index (χ2n) is 8.19. The van der Waals surface area contributed by atoms with Crippen LogP contribution in [0.15, 0.2) is 57.9 Å². The highest BCUT2D eigenvalue weighted by molar-refractivity contribution is 5.92. The number of piperidine rings is 1. The van der Waals surface area contributed by atoms with Gasteiger partial charge in [0.15, 0.2) is 0 Å². The summed E-state index contributed by atoms with van der Waals surface area (Å²) in [6.07, 6.45) is 2.61. The van der Waals surface area contributed by atoms with E-state index in [4.69, 9.17) is 9.52 Å². The van der Waals surface area contributed by atoms with Gasteiger partial charge in [-0.15, -0.1) is 0 Å². The van der Waals surface area contributed by atoms with Gasteiger partial charge in [0.25, 0.3) is 11.5 Å². The van der Waals surface area contributed by atoms with Gasteiger partial charge in [0.1, 0.15) is 29.5 Å². The molecule has 1 fully saturated rings. The highest BCUT2D eigenvalue weighted by Gasteiger charge is 2.37. The molecular formula is C23H24N4O4. The van der Waals surface area contributed by atoms with Crippen LogP contribution in [0, 0.1) is 5.92 Å². The number of nitrogens with one attached hydrogen (secondary N) is 1. The highest BCUT2D eigenvalue weighted by atomic mass is 16.4. The van der Waals surface area contributed by atoms with Crippen molar-refractivity contribution in [2.75, 3.05) is 18.4 Å². The molecule has 2 N–H and O–H groups in total. The number of hydrogen-bond acceptors (Lipinski definition) is 6. The van der Waals surface area contributed by atoms with Crippen LogP contribution in [-0.2, 0) is 19.7 Å². The zero-order valence-electron chi connectivity index (χ0n) is 17.0. The summed E-state index contributed by atoms with van der Waals surface area (Å²) < 4.78 is 7.33. The molecule has 3 aromatic heterocycles. The van der Waals surface area contributed by atoms with Crippen LogP contribution in [0.5, 0.6) is 0 Å². The number of aromatic nitrogens is 2. The molecule has 5 rings (SSSR count). The fourth-order valence-corrected chi connectivity index (χ4v) is 4.68. The number of furan rings is 1. The Bertz CT molecular complexity index is 1150. The normalized spacial score (nSPS) is 19.7. The maximum Gasteiger partial charge on any atom is 0.274 e. The van der Waals surface area contributed by atoms with Crippen molar-refractivity contribution in [2.24, 2.45) is 5.92 Å². The molecule has 0 saturated carbocycles. The summed E-state index contributed by atoms with van der Waals surface area (Å²) in [5.41, 5.74) is 1.91. The van der Waals surface area contributed by atoms with Crippen molar-refractivity contribution < 1.29 is 14.3 Å². The van der Waals surface area contributed by atoms with E-state index in [9.17, 15) is 9.59 Å². The van der Waals surface area contributed by atoms with E-state index in [0.29, 0.717) is 49.1 Å². The van der Waals surface area contributed by atoms with Crippen molar-refractivity contribution in [1.82, 2.24) is 14.5 Å².